The molecule has 20 heavy (non-hydrogen) atoms. The fourth-order valence-electron chi connectivity index (χ4n) is 3.19. The normalized spacial score (nSPS) is 18.0. The lowest BCUT2D eigenvalue weighted by Crippen LogP contribution is -2.40. The van der Waals surface area contributed by atoms with Gasteiger partial charge in [0.2, 0.25) is 0 Å². The number of benzene rings is 1. The highest BCUT2D eigenvalue weighted by molar-refractivity contribution is 5.97. The van der Waals surface area contributed by atoms with E-state index in [2.05, 4.69) is 18.7 Å². The summed E-state index contributed by atoms with van der Waals surface area (Å²) in [5, 5.41) is 9.15. The molecule has 0 aromatic heterocycles. The van der Waals surface area contributed by atoms with Crippen LogP contribution >= 0.6 is 0 Å². The van der Waals surface area contributed by atoms with Crippen LogP contribution in [0.2, 0.25) is 0 Å². The molecule has 3 N–H and O–H groups in total. The molecule has 0 amide bonds. The Balaban J connectivity index is 2.19. The SMILES string of the molecule is CCC1(CC)CCN(c2cccc(C(=O)O)c2N)CC1. The van der Waals surface area contributed by atoms with Gasteiger partial charge >= 0.3 is 5.97 Å². The Hall–Kier alpha value is -1.71. The van der Waals surface area contributed by atoms with Crippen molar-refractivity contribution in [3.05, 3.63) is 23.8 Å². The van der Waals surface area contributed by atoms with Crippen LogP contribution < -0.4 is 10.6 Å². The molecular formula is C16H24N2O2. The average molecular weight is 276 g/mol. The molecule has 0 aliphatic carbocycles. The Bertz CT molecular complexity index is 485. The molecule has 1 aliphatic rings. The number of carbonyl (C=O) groups is 1. The van der Waals surface area contributed by atoms with Crippen molar-refractivity contribution >= 4 is 17.3 Å². The highest BCUT2D eigenvalue weighted by Crippen LogP contribution is 2.40. The van der Waals surface area contributed by atoms with Gasteiger partial charge in [0.15, 0.2) is 0 Å². The molecule has 1 fully saturated rings. The number of hydrogen-bond donors (Lipinski definition) is 2. The van der Waals surface area contributed by atoms with Gasteiger partial charge in [-0.2, -0.15) is 0 Å². The van der Waals surface area contributed by atoms with E-state index in [4.69, 9.17) is 10.8 Å². The first-order valence-electron chi connectivity index (χ1n) is 7.39. The maximum absolute atomic E-state index is 11.2. The molecule has 0 unspecified atom stereocenters. The second-order valence-electron chi connectivity index (χ2n) is 5.74. The third-order valence-electron chi connectivity index (χ3n) is 4.98. The third kappa shape index (κ3) is 2.60. The van der Waals surface area contributed by atoms with Gasteiger partial charge in [0.05, 0.1) is 16.9 Å². The fraction of sp³-hybridized carbons (Fsp3) is 0.562. The van der Waals surface area contributed by atoms with Crippen LogP contribution in [0.5, 0.6) is 0 Å². The summed E-state index contributed by atoms with van der Waals surface area (Å²) >= 11 is 0. The smallest absolute Gasteiger partial charge is 0.337 e. The lowest BCUT2D eigenvalue weighted by molar-refractivity contribution is 0.0698. The van der Waals surface area contributed by atoms with Gasteiger partial charge in [-0.3, -0.25) is 0 Å². The highest BCUT2D eigenvalue weighted by Gasteiger charge is 2.32. The maximum Gasteiger partial charge on any atom is 0.337 e. The molecule has 1 saturated heterocycles. The van der Waals surface area contributed by atoms with Crippen molar-refractivity contribution in [2.75, 3.05) is 23.7 Å². The van der Waals surface area contributed by atoms with Gasteiger partial charge in [0.1, 0.15) is 0 Å². The largest absolute Gasteiger partial charge is 0.478 e. The topological polar surface area (TPSA) is 66.6 Å². The zero-order valence-corrected chi connectivity index (χ0v) is 12.4. The maximum atomic E-state index is 11.2. The van der Waals surface area contributed by atoms with E-state index in [1.807, 2.05) is 6.07 Å². The number of rotatable bonds is 4. The van der Waals surface area contributed by atoms with Crippen LogP contribution in [0.1, 0.15) is 49.9 Å². The first kappa shape index (κ1) is 14.7. The molecule has 1 aromatic rings. The predicted molar refractivity (Wildman–Crippen MR) is 82.3 cm³/mol. The van der Waals surface area contributed by atoms with Crippen LogP contribution in [0.25, 0.3) is 0 Å². The van der Waals surface area contributed by atoms with Gasteiger partial charge in [-0.05, 0) is 30.4 Å². The van der Waals surface area contributed by atoms with Crippen molar-refractivity contribution in [2.24, 2.45) is 5.41 Å². The van der Waals surface area contributed by atoms with Gasteiger partial charge in [0, 0.05) is 13.1 Å². The standard InChI is InChI=1S/C16H24N2O2/c1-3-16(4-2)8-10-18(11-9-16)13-7-5-6-12(14(13)17)15(19)20/h5-7H,3-4,8-11,17H2,1-2H3,(H,19,20). The van der Waals surface area contributed by atoms with Gasteiger partial charge in [-0.25, -0.2) is 4.79 Å². The zero-order valence-electron chi connectivity index (χ0n) is 12.4. The van der Waals surface area contributed by atoms with E-state index < -0.39 is 5.97 Å². The van der Waals surface area contributed by atoms with E-state index >= 15 is 0 Å². The van der Waals surface area contributed by atoms with Crippen molar-refractivity contribution in [3.8, 4) is 0 Å². The molecule has 0 atom stereocenters. The second-order valence-corrected chi connectivity index (χ2v) is 5.74. The molecule has 110 valence electrons. The minimum atomic E-state index is -0.960. The molecule has 0 bridgehead atoms. The van der Waals surface area contributed by atoms with Crippen LogP contribution in [0.3, 0.4) is 0 Å². The number of nitrogen functional groups attached to an aromatic ring is 1. The van der Waals surface area contributed by atoms with E-state index in [1.54, 1.807) is 12.1 Å². The first-order valence-corrected chi connectivity index (χ1v) is 7.39. The number of anilines is 2. The van der Waals surface area contributed by atoms with E-state index in [1.165, 1.54) is 12.8 Å². The molecule has 0 spiro atoms. The van der Waals surface area contributed by atoms with E-state index in [-0.39, 0.29) is 5.56 Å². The number of carboxylic acids is 1. The summed E-state index contributed by atoms with van der Waals surface area (Å²) in [6.45, 7) is 6.43. The highest BCUT2D eigenvalue weighted by atomic mass is 16.4. The van der Waals surface area contributed by atoms with E-state index in [0.717, 1.165) is 31.6 Å². The zero-order chi connectivity index (χ0) is 14.8. The lowest BCUT2D eigenvalue weighted by atomic mass is 9.74. The van der Waals surface area contributed by atoms with Crippen LogP contribution in [0, 0.1) is 5.41 Å². The van der Waals surface area contributed by atoms with Crippen molar-refractivity contribution in [3.63, 3.8) is 0 Å². The van der Waals surface area contributed by atoms with Gasteiger partial charge in [-0.1, -0.05) is 32.8 Å². The minimum absolute atomic E-state index is 0.199. The summed E-state index contributed by atoms with van der Waals surface area (Å²) < 4.78 is 0. The summed E-state index contributed by atoms with van der Waals surface area (Å²) in [4.78, 5) is 13.4. The number of nitrogens with zero attached hydrogens (tertiary/aromatic N) is 1. The number of aromatic carboxylic acids is 1. The number of hydrogen-bond acceptors (Lipinski definition) is 3. The Morgan fingerprint density at radius 3 is 2.40 bits per heavy atom. The quantitative estimate of drug-likeness (QED) is 0.827. The number of nitrogens with two attached hydrogens (primary N) is 1. The monoisotopic (exact) mass is 276 g/mol. The predicted octanol–water partition coefficient (Wildman–Crippen LogP) is 3.37. The van der Waals surface area contributed by atoms with E-state index in [0.29, 0.717) is 11.1 Å². The number of piperidine rings is 1. The van der Waals surface area contributed by atoms with Crippen molar-refractivity contribution in [2.45, 2.75) is 39.5 Å². The Morgan fingerprint density at radius 1 is 1.30 bits per heavy atom. The molecule has 2 rings (SSSR count). The van der Waals surface area contributed by atoms with Gasteiger partial charge < -0.3 is 15.7 Å². The third-order valence-corrected chi connectivity index (χ3v) is 4.98. The minimum Gasteiger partial charge on any atom is -0.478 e. The first-order chi connectivity index (χ1) is 9.53. The van der Waals surface area contributed by atoms with Crippen LogP contribution in [-0.2, 0) is 0 Å². The summed E-state index contributed by atoms with van der Waals surface area (Å²) in [7, 11) is 0. The summed E-state index contributed by atoms with van der Waals surface area (Å²) in [5.41, 5.74) is 7.93. The van der Waals surface area contributed by atoms with Crippen LogP contribution in [0.4, 0.5) is 11.4 Å². The molecule has 1 aliphatic heterocycles. The van der Waals surface area contributed by atoms with Crippen LogP contribution in [-0.4, -0.2) is 24.2 Å². The lowest BCUT2D eigenvalue weighted by Gasteiger charge is -2.42. The fourth-order valence-corrected chi connectivity index (χ4v) is 3.19. The molecule has 0 saturated carbocycles. The average Bonchev–Trinajstić information content (AvgIpc) is 2.47. The Labute approximate surface area is 120 Å². The molecule has 4 heteroatoms. The van der Waals surface area contributed by atoms with Gasteiger partial charge in [0.25, 0.3) is 0 Å². The molecular weight excluding hydrogens is 252 g/mol. The van der Waals surface area contributed by atoms with Crippen LogP contribution in [0.15, 0.2) is 18.2 Å². The summed E-state index contributed by atoms with van der Waals surface area (Å²) in [5.74, 6) is -0.960. The van der Waals surface area contributed by atoms with E-state index in [9.17, 15) is 4.79 Å². The number of para-hydroxylation sites is 1. The van der Waals surface area contributed by atoms with Gasteiger partial charge in [-0.15, -0.1) is 0 Å². The Kier molecular flexibility index (Phi) is 4.21. The number of carboxylic acid groups (broad SMARTS) is 1. The molecule has 1 heterocycles. The molecule has 4 nitrogen and oxygen atoms in total. The Morgan fingerprint density at radius 2 is 1.90 bits per heavy atom. The van der Waals surface area contributed by atoms with Crippen molar-refractivity contribution in [1.82, 2.24) is 0 Å². The second kappa shape index (κ2) is 5.73. The summed E-state index contributed by atoms with van der Waals surface area (Å²) in [6, 6.07) is 5.26. The van der Waals surface area contributed by atoms with Crippen molar-refractivity contribution in [1.29, 1.82) is 0 Å². The molecule has 0 radical (unpaired) electrons. The molecule has 1 aromatic carbocycles. The van der Waals surface area contributed by atoms with Crippen molar-refractivity contribution < 1.29 is 9.90 Å². The summed E-state index contributed by atoms with van der Waals surface area (Å²) in [6.07, 6.45) is 4.72.